The maximum atomic E-state index is 9.19. The van der Waals surface area contributed by atoms with Crippen molar-refractivity contribution in [1.82, 2.24) is 19.9 Å². The lowest BCUT2D eigenvalue weighted by Crippen LogP contribution is -1.84. The lowest BCUT2D eigenvalue weighted by molar-refractivity contribution is 0.458. The molecule has 2 rings (SSSR count). The first-order valence-electron chi connectivity index (χ1n) is 2.94. The van der Waals surface area contributed by atoms with E-state index in [0.717, 1.165) is 0 Å². The lowest BCUT2D eigenvalue weighted by atomic mass is 10.5. The van der Waals surface area contributed by atoms with E-state index in [1.54, 1.807) is 0 Å². The molecular formula is C5H2Cl2N4O. The second-order valence-corrected chi connectivity index (χ2v) is 2.74. The van der Waals surface area contributed by atoms with Gasteiger partial charge in [-0.1, -0.05) is 0 Å². The van der Waals surface area contributed by atoms with E-state index in [2.05, 4.69) is 19.9 Å². The second-order valence-electron chi connectivity index (χ2n) is 2.04. The molecule has 0 unspecified atom stereocenters. The zero-order valence-corrected chi connectivity index (χ0v) is 7.06. The molecule has 0 atom stereocenters. The first kappa shape index (κ1) is 7.57. The van der Waals surface area contributed by atoms with Crippen molar-refractivity contribution in [2.75, 3.05) is 0 Å². The quantitative estimate of drug-likeness (QED) is 0.503. The second kappa shape index (κ2) is 2.46. The Balaban J connectivity index is 2.88. The fourth-order valence-corrected chi connectivity index (χ4v) is 1.17. The summed E-state index contributed by atoms with van der Waals surface area (Å²) in [6, 6.07) is 0. The summed E-state index contributed by atoms with van der Waals surface area (Å²) < 4.78 is 0. The van der Waals surface area contributed by atoms with Crippen LogP contribution in [0, 0.1) is 0 Å². The highest BCUT2D eigenvalue weighted by atomic mass is 35.5. The summed E-state index contributed by atoms with van der Waals surface area (Å²) >= 11 is 11.0. The molecule has 2 heterocycles. The Hall–Kier alpha value is -1.07. The number of nitrogens with one attached hydrogen (secondary N) is 1. The summed E-state index contributed by atoms with van der Waals surface area (Å²) in [5, 5.41) is 9.27. The first-order chi connectivity index (χ1) is 5.66. The summed E-state index contributed by atoms with van der Waals surface area (Å²) in [6.07, 6.45) is 0. The van der Waals surface area contributed by atoms with E-state index in [0.29, 0.717) is 5.65 Å². The van der Waals surface area contributed by atoms with Gasteiger partial charge in [-0.15, -0.1) is 0 Å². The minimum absolute atomic E-state index is 0.0553. The van der Waals surface area contributed by atoms with Crippen LogP contribution in [0.2, 0.25) is 10.6 Å². The molecular weight excluding hydrogens is 203 g/mol. The third kappa shape index (κ3) is 1.07. The van der Waals surface area contributed by atoms with Crippen LogP contribution in [0.5, 0.6) is 5.88 Å². The highest BCUT2D eigenvalue weighted by Crippen LogP contribution is 2.21. The molecule has 0 spiro atoms. The van der Waals surface area contributed by atoms with Crippen LogP contribution in [0.3, 0.4) is 0 Å². The average Bonchev–Trinajstić information content (AvgIpc) is 2.29. The molecule has 2 aromatic heterocycles. The van der Waals surface area contributed by atoms with Crippen molar-refractivity contribution in [2.45, 2.75) is 0 Å². The number of fused-ring (bicyclic) bond motifs is 1. The number of aromatic amines is 1. The number of aromatic nitrogens is 4. The zero-order chi connectivity index (χ0) is 8.72. The Kier molecular flexibility index (Phi) is 1.55. The number of halogens is 2. The first-order valence-corrected chi connectivity index (χ1v) is 3.70. The van der Waals surface area contributed by atoms with Gasteiger partial charge in [0.2, 0.25) is 16.4 Å². The molecule has 0 radical (unpaired) electrons. The van der Waals surface area contributed by atoms with E-state index >= 15 is 0 Å². The van der Waals surface area contributed by atoms with Gasteiger partial charge in [-0.05, 0) is 23.2 Å². The fraction of sp³-hybridized carbons (Fsp3) is 0. The minimum Gasteiger partial charge on any atom is -0.492 e. The Morgan fingerprint density at radius 3 is 2.67 bits per heavy atom. The molecule has 0 saturated carbocycles. The fourth-order valence-electron chi connectivity index (χ4n) is 0.830. The number of imidazole rings is 1. The summed E-state index contributed by atoms with van der Waals surface area (Å²) in [6.45, 7) is 0. The van der Waals surface area contributed by atoms with Crippen LogP contribution in [0.25, 0.3) is 11.2 Å². The number of nitrogens with zero attached hydrogens (tertiary/aromatic N) is 3. The van der Waals surface area contributed by atoms with E-state index in [4.69, 9.17) is 23.2 Å². The summed E-state index contributed by atoms with van der Waals surface area (Å²) in [4.78, 5) is 13.6. The standard InChI is InChI=1S/C5H2Cl2N4O/c6-4-8-1-2(9-4)10-5(7)11-3(1)12/h(H2,8,9,10,11,12). The Bertz CT molecular complexity index is 440. The van der Waals surface area contributed by atoms with Crippen molar-refractivity contribution in [3.63, 3.8) is 0 Å². The van der Waals surface area contributed by atoms with E-state index in [-0.39, 0.29) is 22.0 Å². The van der Waals surface area contributed by atoms with Gasteiger partial charge >= 0.3 is 0 Å². The molecule has 0 aromatic carbocycles. The van der Waals surface area contributed by atoms with Gasteiger partial charge in [0, 0.05) is 0 Å². The van der Waals surface area contributed by atoms with Crippen molar-refractivity contribution in [2.24, 2.45) is 0 Å². The molecule has 0 saturated heterocycles. The molecule has 0 bridgehead atoms. The van der Waals surface area contributed by atoms with Gasteiger partial charge in [0.05, 0.1) is 0 Å². The number of H-pyrrole nitrogens is 1. The van der Waals surface area contributed by atoms with Crippen molar-refractivity contribution < 1.29 is 5.11 Å². The molecule has 0 aliphatic rings. The van der Waals surface area contributed by atoms with Gasteiger partial charge in [0.25, 0.3) is 0 Å². The number of aromatic hydroxyl groups is 1. The van der Waals surface area contributed by atoms with Crippen LogP contribution < -0.4 is 0 Å². The normalized spacial score (nSPS) is 10.8. The predicted molar refractivity (Wildman–Crippen MR) is 43.4 cm³/mol. The molecule has 7 heteroatoms. The zero-order valence-electron chi connectivity index (χ0n) is 5.54. The van der Waals surface area contributed by atoms with Crippen molar-refractivity contribution in [1.29, 1.82) is 0 Å². The maximum absolute atomic E-state index is 9.19. The summed E-state index contributed by atoms with van der Waals surface area (Å²) in [7, 11) is 0. The molecule has 62 valence electrons. The van der Waals surface area contributed by atoms with Gasteiger partial charge in [-0.3, -0.25) is 0 Å². The molecule has 12 heavy (non-hydrogen) atoms. The highest BCUT2D eigenvalue weighted by Gasteiger charge is 2.09. The lowest BCUT2D eigenvalue weighted by Gasteiger charge is -1.91. The van der Waals surface area contributed by atoms with Crippen molar-refractivity contribution in [3.8, 4) is 5.88 Å². The van der Waals surface area contributed by atoms with Crippen LogP contribution in [0.15, 0.2) is 0 Å². The van der Waals surface area contributed by atoms with E-state index in [1.807, 2.05) is 0 Å². The van der Waals surface area contributed by atoms with Crippen molar-refractivity contribution in [3.05, 3.63) is 10.6 Å². The molecule has 0 fully saturated rings. The Morgan fingerprint density at radius 2 is 1.92 bits per heavy atom. The van der Waals surface area contributed by atoms with Crippen LogP contribution in [-0.2, 0) is 0 Å². The number of hydrogen-bond donors (Lipinski definition) is 2. The van der Waals surface area contributed by atoms with Gasteiger partial charge in [-0.25, -0.2) is 4.98 Å². The van der Waals surface area contributed by atoms with Crippen LogP contribution in [0.4, 0.5) is 0 Å². The molecule has 0 aliphatic heterocycles. The smallest absolute Gasteiger partial charge is 0.244 e. The molecule has 0 aliphatic carbocycles. The third-order valence-corrected chi connectivity index (χ3v) is 1.62. The minimum atomic E-state index is -0.284. The molecule has 0 amide bonds. The van der Waals surface area contributed by atoms with E-state index < -0.39 is 0 Å². The van der Waals surface area contributed by atoms with Crippen LogP contribution in [0.1, 0.15) is 0 Å². The number of rotatable bonds is 0. The van der Waals surface area contributed by atoms with Gasteiger partial charge in [-0.2, -0.15) is 9.97 Å². The summed E-state index contributed by atoms with van der Waals surface area (Å²) in [5.41, 5.74) is 0.530. The topological polar surface area (TPSA) is 74.7 Å². The molecule has 5 nitrogen and oxygen atoms in total. The Labute approximate surface area is 76.4 Å². The maximum Gasteiger partial charge on any atom is 0.244 e. The number of hydrogen-bond acceptors (Lipinski definition) is 4. The predicted octanol–water partition coefficient (Wildman–Crippen LogP) is 1.37. The van der Waals surface area contributed by atoms with Crippen LogP contribution in [-0.4, -0.2) is 25.0 Å². The third-order valence-electron chi connectivity index (χ3n) is 1.27. The Morgan fingerprint density at radius 1 is 1.17 bits per heavy atom. The molecule has 2 aromatic rings. The van der Waals surface area contributed by atoms with E-state index in [1.165, 1.54) is 0 Å². The van der Waals surface area contributed by atoms with Gasteiger partial charge in [0.1, 0.15) is 0 Å². The molecule has 2 N–H and O–H groups in total. The average molecular weight is 205 g/mol. The van der Waals surface area contributed by atoms with E-state index in [9.17, 15) is 5.11 Å². The highest BCUT2D eigenvalue weighted by molar-refractivity contribution is 6.29. The SMILES string of the molecule is Oc1nc(Cl)nc2[nH]c(Cl)nc12. The van der Waals surface area contributed by atoms with Gasteiger partial charge in [0.15, 0.2) is 11.2 Å². The van der Waals surface area contributed by atoms with Crippen molar-refractivity contribution >= 4 is 34.4 Å². The monoisotopic (exact) mass is 204 g/mol. The largest absolute Gasteiger partial charge is 0.492 e. The summed E-state index contributed by atoms with van der Waals surface area (Å²) in [5.74, 6) is -0.284. The van der Waals surface area contributed by atoms with Crippen LogP contribution >= 0.6 is 23.2 Å². The van der Waals surface area contributed by atoms with Gasteiger partial charge < -0.3 is 10.1 Å².